The predicted octanol–water partition coefficient (Wildman–Crippen LogP) is 1.86. The quantitative estimate of drug-likeness (QED) is 0.625. The summed E-state index contributed by atoms with van der Waals surface area (Å²) in [6.45, 7) is 0.189. The van der Waals surface area contributed by atoms with E-state index >= 15 is 0 Å². The fourth-order valence-electron chi connectivity index (χ4n) is 3.89. The second-order valence-electron chi connectivity index (χ2n) is 7.03. The molecule has 0 saturated carbocycles. The monoisotopic (exact) mass is 395 g/mol. The van der Waals surface area contributed by atoms with E-state index in [1.54, 1.807) is 12.1 Å². The van der Waals surface area contributed by atoms with E-state index in [0.29, 0.717) is 0 Å². The van der Waals surface area contributed by atoms with Crippen LogP contribution in [0.4, 0.5) is 4.79 Å². The summed E-state index contributed by atoms with van der Waals surface area (Å²) in [6, 6.07) is 24.6. The van der Waals surface area contributed by atoms with Crippen molar-refractivity contribution in [2.75, 3.05) is 6.61 Å². The zero-order valence-electron chi connectivity index (χ0n) is 17.7. The van der Waals surface area contributed by atoms with Gasteiger partial charge in [-0.1, -0.05) is 78.9 Å². The Balaban J connectivity index is 0.00000171. The SMILES string of the molecule is O=C(O)CC(NC(=O)OCC1c2ccccc2-c2ccccc21)c1ccccc1.[H-].[Li+]. The molecule has 4 rings (SSSR count). The minimum Gasteiger partial charge on any atom is -1.00 e. The molecule has 0 spiro atoms. The van der Waals surface area contributed by atoms with Crippen LogP contribution in [-0.2, 0) is 9.53 Å². The Morgan fingerprint density at radius 1 is 0.900 bits per heavy atom. The van der Waals surface area contributed by atoms with E-state index in [4.69, 9.17) is 4.74 Å². The van der Waals surface area contributed by atoms with Crippen molar-refractivity contribution in [3.63, 3.8) is 0 Å². The van der Waals surface area contributed by atoms with Crippen LogP contribution in [0.1, 0.15) is 36.5 Å². The molecule has 0 heterocycles. The predicted molar refractivity (Wildman–Crippen MR) is 111 cm³/mol. The van der Waals surface area contributed by atoms with Crippen LogP contribution < -0.4 is 24.2 Å². The number of carbonyl (C=O) groups is 2. The minimum atomic E-state index is -0.988. The topological polar surface area (TPSA) is 75.6 Å². The first-order valence-corrected chi connectivity index (χ1v) is 9.51. The molecule has 1 unspecified atom stereocenters. The van der Waals surface area contributed by atoms with Crippen LogP contribution in [0.5, 0.6) is 0 Å². The Morgan fingerprint density at radius 2 is 1.43 bits per heavy atom. The number of ether oxygens (including phenoxy) is 1. The fourth-order valence-corrected chi connectivity index (χ4v) is 3.89. The molecule has 3 aromatic carbocycles. The number of amides is 1. The summed E-state index contributed by atoms with van der Waals surface area (Å²) in [7, 11) is 0. The van der Waals surface area contributed by atoms with E-state index in [0.717, 1.165) is 27.8 Å². The van der Waals surface area contributed by atoms with Gasteiger partial charge in [0.05, 0.1) is 12.5 Å². The minimum absolute atomic E-state index is 0. The average Bonchev–Trinajstić information content (AvgIpc) is 3.06. The third-order valence-electron chi connectivity index (χ3n) is 5.22. The molecular formula is C24H22LiNO4. The second kappa shape index (κ2) is 9.67. The molecule has 0 bridgehead atoms. The number of nitrogens with one attached hydrogen (secondary N) is 1. The van der Waals surface area contributed by atoms with E-state index < -0.39 is 18.1 Å². The summed E-state index contributed by atoms with van der Waals surface area (Å²) >= 11 is 0. The molecule has 6 heteroatoms. The summed E-state index contributed by atoms with van der Waals surface area (Å²) in [6.07, 6.45) is -0.837. The first-order valence-electron chi connectivity index (χ1n) is 9.51. The molecule has 5 nitrogen and oxygen atoms in total. The maximum atomic E-state index is 12.5. The van der Waals surface area contributed by atoms with Crippen LogP contribution in [-0.4, -0.2) is 23.8 Å². The van der Waals surface area contributed by atoms with Gasteiger partial charge in [0.1, 0.15) is 6.61 Å². The number of fused-ring (bicyclic) bond motifs is 3. The van der Waals surface area contributed by atoms with Gasteiger partial charge in [0.2, 0.25) is 0 Å². The van der Waals surface area contributed by atoms with Gasteiger partial charge in [-0.3, -0.25) is 4.79 Å². The van der Waals surface area contributed by atoms with E-state index in [2.05, 4.69) is 29.6 Å². The van der Waals surface area contributed by atoms with Gasteiger partial charge in [-0.2, -0.15) is 0 Å². The van der Waals surface area contributed by atoms with E-state index in [-0.39, 0.29) is 39.2 Å². The molecule has 0 fully saturated rings. The first-order chi connectivity index (χ1) is 14.1. The van der Waals surface area contributed by atoms with Crippen LogP contribution in [0.25, 0.3) is 11.1 Å². The summed E-state index contributed by atoms with van der Waals surface area (Å²) in [5.41, 5.74) is 5.30. The maximum absolute atomic E-state index is 12.5. The Hall–Kier alpha value is -3.00. The molecule has 0 saturated heterocycles. The Labute approximate surface area is 188 Å². The van der Waals surface area contributed by atoms with Gasteiger partial charge in [0, 0.05) is 5.92 Å². The smallest absolute Gasteiger partial charge is 1.00 e. The fraction of sp³-hybridized carbons (Fsp3) is 0.167. The van der Waals surface area contributed by atoms with Gasteiger partial charge < -0.3 is 16.6 Å². The van der Waals surface area contributed by atoms with E-state index in [9.17, 15) is 14.7 Å². The largest absolute Gasteiger partial charge is 1.00 e. The number of carboxylic acid groups (broad SMARTS) is 1. The number of carbonyl (C=O) groups excluding carboxylic acids is 1. The number of alkyl carbamates (subject to hydrolysis) is 1. The normalized spacial score (nSPS) is 12.8. The average molecular weight is 395 g/mol. The van der Waals surface area contributed by atoms with E-state index in [1.165, 1.54) is 0 Å². The Morgan fingerprint density at radius 3 is 2.00 bits per heavy atom. The van der Waals surface area contributed by atoms with Crippen molar-refractivity contribution in [1.29, 1.82) is 0 Å². The number of hydrogen-bond donors (Lipinski definition) is 2. The van der Waals surface area contributed by atoms with Gasteiger partial charge in [0.25, 0.3) is 0 Å². The van der Waals surface area contributed by atoms with Crippen molar-refractivity contribution < 1.29 is 39.7 Å². The summed E-state index contributed by atoms with van der Waals surface area (Å²) in [5, 5.41) is 11.9. The molecule has 30 heavy (non-hydrogen) atoms. The number of rotatable bonds is 6. The van der Waals surface area contributed by atoms with Crippen molar-refractivity contribution in [2.45, 2.75) is 18.4 Å². The van der Waals surface area contributed by atoms with Crippen LogP contribution in [0.2, 0.25) is 0 Å². The van der Waals surface area contributed by atoms with Crippen LogP contribution in [0.15, 0.2) is 78.9 Å². The van der Waals surface area contributed by atoms with Crippen LogP contribution in [0, 0.1) is 0 Å². The standard InChI is InChI=1S/C24H21NO4.Li.H/c26-23(27)14-22(16-8-2-1-3-9-16)25-24(28)29-15-21-19-12-6-4-10-17(19)18-11-5-7-13-20(18)21;;/h1-13,21-22H,14-15H2,(H,25,28)(H,26,27);;/q;+1;-1. The number of aliphatic carboxylic acids is 1. The number of hydrogen-bond acceptors (Lipinski definition) is 3. The van der Waals surface area contributed by atoms with Crippen LogP contribution >= 0.6 is 0 Å². The van der Waals surface area contributed by atoms with Gasteiger partial charge in [0.15, 0.2) is 0 Å². The number of benzene rings is 3. The molecule has 0 aromatic heterocycles. The molecule has 0 aliphatic heterocycles. The Bertz CT molecular complexity index is 999. The van der Waals surface area contributed by atoms with Gasteiger partial charge in [-0.25, -0.2) is 4.79 Å². The van der Waals surface area contributed by atoms with Crippen molar-refractivity contribution >= 4 is 12.1 Å². The third-order valence-corrected chi connectivity index (χ3v) is 5.22. The van der Waals surface area contributed by atoms with E-state index in [1.807, 2.05) is 42.5 Å². The van der Waals surface area contributed by atoms with Crippen molar-refractivity contribution in [2.24, 2.45) is 0 Å². The zero-order chi connectivity index (χ0) is 20.2. The molecular weight excluding hydrogens is 373 g/mol. The van der Waals surface area contributed by atoms with Crippen molar-refractivity contribution in [3.05, 3.63) is 95.6 Å². The molecule has 1 aliphatic rings. The third kappa shape index (κ3) is 4.59. The van der Waals surface area contributed by atoms with Crippen LogP contribution in [0.3, 0.4) is 0 Å². The zero-order valence-corrected chi connectivity index (χ0v) is 16.7. The van der Waals surface area contributed by atoms with Crippen molar-refractivity contribution in [1.82, 2.24) is 5.32 Å². The first kappa shape index (κ1) is 21.7. The maximum Gasteiger partial charge on any atom is 1.00 e. The molecule has 0 radical (unpaired) electrons. The molecule has 1 aliphatic carbocycles. The molecule has 1 amide bonds. The molecule has 2 N–H and O–H groups in total. The van der Waals surface area contributed by atoms with Gasteiger partial charge >= 0.3 is 30.9 Å². The summed E-state index contributed by atoms with van der Waals surface area (Å²) in [5.74, 6) is -1.03. The molecule has 148 valence electrons. The second-order valence-corrected chi connectivity index (χ2v) is 7.03. The number of carboxylic acids is 1. The molecule has 1 atom stereocenters. The van der Waals surface area contributed by atoms with Gasteiger partial charge in [-0.05, 0) is 27.8 Å². The Kier molecular flexibility index (Phi) is 6.99. The van der Waals surface area contributed by atoms with Gasteiger partial charge in [-0.15, -0.1) is 0 Å². The summed E-state index contributed by atoms with van der Waals surface area (Å²) in [4.78, 5) is 23.7. The van der Waals surface area contributed by atoms with Crippen molar-refractivity contribution in [3.8, 4) is 11.1 Å². The molecule has 3 aromatic rings. The summed E-state index contributed by atoms with van der Waals surface area (Å²) < 4.78 is 5.53.